The fourth-order valence-electron chi connectivity index (χ4n) is 3.67. The molecule has 1 aliphatic rings. The van der Waals surface area contributed by atoms with Crippen molar-refractivity contribution in [2.75, 3.05) is 10.6 Å². The number of anilines is 2. The van der Waals surface area contributed by atoms with Crippen molar-refractivity contribution in [2.45, 2.75) is 19.4 Å². The minimum absolute atomic E-state index is 0.00589. The number of aryl methyl sites for hydroxylation is 1. The Balaban J connectivity index is 1.83. The van der Waals surface area contributed by atoms with Crippen LogP contribution in [0.2, 0.25) is 0 Å². The minimum atomic E-state index is -0.877. The number of carboxylic acid groups (broad SMARTS) is 1. The molecule has 0 spiro atoms. The van der Waals surface area contributed by atoms with Gasteiger partial charge in [0, 0.05) is 24.2 Å². The predicted octanol–water partition coefficient (Wildman–Crippen LogP) is 4.23. The van der Waals surface area contributed by atoms with Gasteiger partial charge in [0.05, 0.1) is 17.0 Å². The molecular weight excluding hydrogens is 409 g/mol. The fraction of sp³-hybridized carbons (Fsp3) is 0.120. The number of halogens is 1. The lowest BCUT2D eigenvalue weighted by Crippen LogP contribution is -2.10. The second-order valence-electron chi connectivity index (χ2n) is 7.51. The number of rotatable bonds is 7. The van der Waals surface area contributed by atoms with E-state index in [0.717, 1.165) is 22.4 Å². The zero-order chi connectivity index (χ0) is 22.7. The van der Waals surface area contributed by atoms with E-state index in [4.69, 9.17) is 10.8 Å². The van der Waals surface area contributed by atoms with E-state index in [0.29, 0.717) is 35.5 Å². The molecule has 0 radical (unpaired) electrons. The summed E-state index contributed by atoms with van der Waals surface area (Å²) in [6.45, 7) is 0.418. The smallest absolute Gasteiger partial charge is 0.303 e. The Labute approximate surface area is 184 Å². The van der Waals surface area contributed by atoms with Crippen molar-refractivity contribution in [2.24, 2.45) is 5.73 Å². The highest BCUT2D eigenvalue weighted by Crippen LogP contribution is 2.38. The molecule has 0 saturated carbocycles. The molecule has 1 amide bonds. The first kappa shape index (κ1) is 21.3. The number of hydrogen-bond donors (Lipinski definition) is 4. The van der Waals surface area contributed by atoms with Crippen molar-refractivity contribution in [1.82, 2.24) is 0 Å². The van der Waals surface area contributed by atoms with Crippen LogP contribution in [0.1, 0.15) is 28.7 Å². The molecule has 0 fully saturated rings. The quantitative estimate of drug-likeness (QED) is 0.419. The van der Waals surface area contributed by atoms with Crippen molar-refractivity contribution in [3.05, 3.63) is 94.8 Å². The van der Waals surface area contributed by atoms with Crippen LogP contribution in [0.25, 0.3) is 11.3 Å². The molecule has 0 saturated heterocycles. The van der Waals surface area contributed by atoms with Gasteiger partial charge in [-0.1, -0.05) is 30.3 Å². The lowest BCUT2D eigenvalue weighted by atomic mass is 9.97. The number of nitrogens with two attached hydrogens (primary N) is 1. The normalized spacial score (nSPS) is 14.0. The van der Waals surface area contributed by atoms with Crippen molar-refractivity contribution < 1.29 is 19.1 Å². The van der Waals surface area contributed by atoms with Gasteiger partial charge in [0.1, 0.15) is 5.82 Å². The molecule has 162 valence electrons. The summed E-state index contributed by atoms with van der Waals surface area (Å²) in [7, 11) is 0. The Kier molecular flexibility index (Phi) is 6.00. The zero-order valence-electron chi connectivity index (χ0n) is 17.2. The fourth-order valence-corrected chi connectivity index (χ4v) is 3.67. The zero-order valence-corrected chi connectivity index (χ0v) is 17.2. The van der Waals surface area contributed by atoms with Gasteiger partial charge >= 0.3 is 5.97 Å². The summed E-state index contributed by atoms with van der Waals surface area (Å²) in [6.07, 6.45) is 0.372. The molecule has 32 heavy (non-hydrogen) atoms. The summed E-state index contributed by atoms with van der Waals surface area (Å²) in [5.41, 5.74) is 10.9. The average molecular weight is 431 g/mol. The first-order valence-corrected chi connectivity index (χ1v) is 10.2. The topological polar surface area (TPSA) is 104 Å². The summed E-state index contributed by atoms with van der Waals surface area (Å²) >= 11 is 0. The van der Waals surface area contributed by atoms with Crippen LogP contribution in [0.3, 0.4) is 0 Å². The minimum Gasteiger partial charge on any atom is -0.481 e. The third-order valence-corrected chi connectivity index (χ3v) is 5.28. The second-order valence-corrected chi connectivity index (χ2v) is 7.51. The van der Waals surface area contributed by atoms with Gasteiger partial charge in [-0.05, 0) is 59.5 Å². The summed E-state index contributed by atoms with van der Waals surface area (Å²) in [5, 5.41) is 15.1. The largest absolute Gasteiger partial charge is 0.481 e. The van der Waals surface area contributed by atoms with Crippen LogP contribution in [0.5, 0.6) is 0 Å². The van der Waals surface area contributed by atoms with E-state index in [1.54, 1.807) is 6.07 Å². The first-order valence-electron chi connectivity index (χ1n) is 10.2. The Morgan fingerprint density at radius 2 is 1.81 bits per heavy atom. The molecule has 3 aromatic rings. The highest BCUT2D eigenvalue weighted by molar-refractivity contribution is 6.37. The number of hydrogen-bond acceptors (Lipinski definition) is 4. The third kappa shape index (κ3) is 4.53. The number of fused-ring (bicyclic) bond motifs is 1. The molecule has 1 heterocycles. The number of benzene rings is 3. The van der Waals surface area contributed by atoms with Crippen LogP contribution >= 0.6 is 0 Å². The van der Waals surface area contributed by atoms with Crippen molar-refractivity contribution in [3.63, 3.8) is 0 Å². The van der Waals surface area contributed by atoms with Crippen LogP contribution in [-0.2, 0) is 22.6 Å². The Hall–Kier alpha value is -3.97. The Bertz CT molecular complexity index is 1220. The maximum Gasteiger partial charge on any atom is 0.303 e. The molecule has 0 unspecified atom stereocenters. The predicted molar refractivity (Wildman–Crippen MR) is 122 cm³/mol. The van der Waals surface area contributed by atoms with Crippen molar-refractivity contribution >= 4 is 34.5 Å². The molecule has 0 aliphatic carbocycles. The number of amides is 1. The van der Waals surface area contributed by atoms with E-state index in [1.807, 2.05) is 48.5 Å². The van der Waals surface area contributed by atoms with Gasteiger partial charge in [0.15, 0.2) is 0 Å². The van der Waals surface area contributed by atoms with Crippen LogP contribution in [0, 0.1) is 5.82 Å². The first-order chi connectivity index (χ1) is 15.4. The highest BCUT2D eigenvalue weighted by atomic mass is 19.1. The van der Waals surface area contributed by atoms with Gasteiger partial charge in [-0.15, -0.1) is 0 Å². The van der Waals surface area contributed by atoms with Crippen molar-refractivity contribution in [3.8, 4) is 0 Å². The standard InChI is InChI=1S/C25H22FN3O3/c26-18-7-10-20-21(13-18)29-25(32)23(20)24(28-19-8-4-16(14-27)5-9-19)17-3-1-2-15(12-17)6-11-22(30)31/h1-5,7-10,12-13,28H,6,11,14,27H2,(H,29,32)(H,30,31). The SMILES string of the molecule is NCc1ccc(NC(=C2C(=O)Nc3cc(F)ccc32)c2cccc(CCC(=O)O)c2)cc1. The van der Waals surface area contributed by atoms with Gasteiger partial charge < -0.3 is 21.5 Å². The van der Waals surface area contributed by atoms with E-state index in [2.05, 4.69) is 10.6 Å². The highest BCUT2D eigenvalue weighted by Gasteiger charge is 2.29. The van der Waals surface area contributed by atoms with Gasteiger partial charge in [-0.3, -0.25) is 9.59 Å². The molecule has 4 rings (SSSR count). The van der Waals surface area contributed by atoms with Crippen LogP contribution in [0.4, 0.5) is 15.8 Å². The molecule has 3 aromatic carbocycles. The number of carbonyl (C=O) groups excluding carboxylic acids is 1. The molecule has 1 aliphatic heterocycles. The molecule has 0 aromatic heterocycles. The van der Waals surface area contributed by atoms with E-state index < -0.39 is 11.8 Å². The van der Waals surface area contributed by atoms with Gasteiger partial charge in [-0.25, -0.2) is 4.39 Å². The van der Waals surface area contributed by atoms with E-state index in [-0.39, 0.29) is 12.3 Å². The summed E-state index contributed by atoms with van der Waals surface area (Å²) in [6, 6.07) is 19.1. The van der Waals surface area contributed by atoms with Crippen LogP contribution in [-0.4, -0.2) is 17.0 Å². The Morgan fingerprint density at radius 3 is 2.53 bits per heavy atom. The molecule has 6 nitrogen and oxygen atoms in total. The summed E-state index contributed by atoms with van der Waals surface area (Å²) in [4.78, 5) is 23.9. The maximum absolute atomic E-state index is 13.7. The number of aliphatic carboxylic acids is 1. The van der Waals surface area contributed by atoms with E-state index >= 15 is 0 Å². The van der Waals surface area contributed by atoms with Crippen molar-refractivity contribution in [1.29, 1.82) is 0 Å². The number of nitrogens with one attached hydrogen (secondary N) is 2. The molecule has 0 atom stereocenters. The lowest BCUT2D eigenvalue weighted by Gasteiger charge is -2.16. The van der Waals surface area contributed by atoms with Gasteiger partial charge in [0.2, 0.25) is 0 Å². The van der Waals surface area contributed by atoms with E-state index in [9.17, 15) is 14.0 Å². The van der Waals surface area contributed by atoms with Crippen LogP contribution in [0.15, 0.2) is 66.7 Å². The summed E-state index contributed by atoms with van der Waals surface area (Å²) in [5.74, 6) is -1.66. The maximum atomic E-state index is 13.7. The monoisotopic (exact) mass is 431 g/mol. The molecule has 0 bridgehead atoms. The molecule has 7 heteroatoms. The average Bonchev–Trinajstić information content (AvgIpc) is 3.11. The third-order valence-electron chi connectivity index (χ3n) is 5.28. The van der Waals surface area contributed by atoms with E-state index in [1.165, 1.54) is 12.1 Å². The van der Waals surface area contributed by atoms with Crippen LogP contribution < -0.4 is 16.4 Å². The summed E-state index contributed by atoms with van der Waals surface area (Å²) < 4.78 is 13.7. The Morgan fingerprint density at radius 1 is 1.03 bits per heavy atom. The van der Waals surface area contributed by atoms with Gasteiger partial charge in [0.25, 0.3) is 5.91 Å². The lowest BCUT2D eigenvalue weighted by molar-refractivity contribution is -0.137. The van der Waals surface area contributed by atoms with Gasteiger partial charge in [-0.2, -0.15) is 0 Å². The molecule has 5 N–H and O–H groups in total. The second kappa shape index (κ2) is 9.03. The number of carboxylic acids is 1. The number of carbonyl (C=O) groups is 2. The molecular formula is C25H22FN3O3.